The Morgan fingerprint density at radius 1 is 1.16 bits per heavy atom. The molecule has 1 heterocycles. The molecule has 1 saturated heterocycles. The lowest BCUT2D eigenvalue weighted by molar-refractivity contribution is -0.0495. The molecule has 2 aromatic rings. The molecule has 3 rings (SSSR count). The van der Waals surface area contributed by atoms with E-state index in [1.165, 1.54) is 0 Å². The molecule has 2 N–H and O–H groups in total. The number of alkyl halides is 2. The Labute approximate surface area is 187 Å². The number of benzene rings is 2. The summed E-state index contributed by atoms with van der Waals surface area (Å²) in [6.45, 7) is 0.120. The Morgan fingerprint density at radius 2 is 1.91 bits per heavy atom. The molecule has 0 spiro atoms. The quantitative estimate of drug-likeness (QED) is 0.330. The summed E-state index contributed by atoms with van der Waals surface area (Å²) < 4.78 is 41.1. The average molecular weight is 449 g/mol. The van der Waals surface area contributed by atoms with Crippen LogP contribution in [0.5, 0.6) is 11.5 Å². The average Bonchev–Trinajstić information content (AvgIpc) is 3.26. The van der Waals surface area contributed by atoms with Gasteiger partial charge in [0, 0.05) is 38.3 Å². The maximum Gasteiger partial charge on any atom is 0.387 e. The Bertz CT molecular complexity index is 882. The van der Waals surface area contributed by atoms with E-state index in [-0.39, 0.29) is 11.8 Å². The minimum Gasteiger partial charge on any atom is -0.496 e. The van der Waals surface area contributed by atoms with Crippen LogP contribution in [-0.2, 0) is 11.3 Å². The minimum absolute atomic E-state index is 0.135. The van der Waals surface area contributed by atoms with Crippen LogP contribution in [0.2, 0.25) is 0 Å². The van der Waals surface area contributed by atoms with Gasteiger partial charge in [0.25, 0.3) is 0 Å². The molecule has 9 heteroatoms. The second-order valence-electron chi connectivity index (χ2n) is 7.29. The molecular formula is C23H30F2N4O3. The largest absolute Gasteiger partial charge is 0.496 e. The van der Waals surface area contributed by atoms with Crippen LogP contribution in [0.1, 0.15) is 12.0 Å². The zero-order chi connectivity index (χ0) is 22.8. The highest BCUT2D eigenvalue weighted by atomic mass is 19.3. The van der Waals surface area contributed by atoms with E-state index >= 15 is 0 Å². The van der Waals surface area contributed by atoms with Gasteiger partial charge in [-0.3, -0.25) is 4.99 Å². The molecule has 0 radical (unpaired) electrons. The molecule has 0 aliphatic carbocycles. The highest BCUT2D eigenvalue weighted by molar-refractivity contribution is 5.80. The van der Waals surface area contributed by atoms with Crippen LogP contribution < -0.4 is 25.0 Å². The van der Waals surface area contributed by atoms with E-state index in [0.29, 0.717) is 38.0 Å². The smallest absolute Gasteiger partial charge is 0.387 e. The molecule has 0 amide bonds. The van der Waals surface area contributed by atoms with Crippen LogP contribution >= 0.6 is 0 Å². The van der Waals surface area contributed by atoms with E-state index in [9.17, 15) is 8.78 Å². The Kier molecular flexibility index (Phi) is 8.91. The van der Waals surface area contributed by atoms with E-state index in [4.69, 9.17) is 9.47 Å². The molecule has 0 bridgehead atoms. The summed E-state index contributed by atoms with van der Waals surface area (Å²) in [7, 11) is 3.36. The number of methoxy groups -OCH3 is 1. The fourth-order valence-electron chi connectivity index (χ4n) is 3.64. The van der Waals surface area contributed by atoms with Gasteiger partial charge in [0.2, 0.25) is 0 Å². The summed E-state index contributed by atoms with van der Waals surface area (Å²) in [5.74, 6) is 1.68. The van der Waals surface area contributed by atoms with Crippen molar-refractivity contribution in [2.75, 3.05) is 45.3 Å². The van der Waals surface area contributed by atoms with Crippen LogP contribution in [-0.4, -0.2) is 59.0 Å². The van der Waals surface area contributed by atoms with Crippen molar-refractivity contribution in [1.82, 2.24) is 10.6 Å². The third-order valence-corrected chi connectivity index (χ3v) is 5.16. The topological polar surface area (TPSA) is 67.4 Å². The molecule has 0 aromatic heterocycles. The minimum atomic E-state index is -2.85. The van der Waals surface area contributed by atoms with Gasteiger partial charge in [0.1, 0.15) is 11.5 Å². The second kappa shape index (κ2) is 12.1. The van der Waals surface area contributed by atoms with Gasteiger partial charge in [-0.25, -0.2) is 0 Å². The zero-order valence-electron chi connectivity index (χ0n) is 18.4. The molecule has 7 nitrogen and oxygen atoms in total. The number of ether oxygens (including phenoxy) is 3. The summed E-state index contributed by atoms with van der Waals surface area (Å²) in [6, 6.07) is 14.8. The number of hydrogen-bond acceptors (Lipinski definition) is 5. The van der Waals surface area contributed by atoms with Gasteiger partial charge in [0.05, 0.1) is 26.0 Å². The van der Waals surface area contributed by atoms with Gasteiger partial charge < -0.3 is 29.7 Å². The lowest BCUT2D eigenvalue weighted by atomic mass is 10.2. The van der Waals surface area contributed by atoms with Crippen LogP contribution in [0, 0.1) is 0 Å². The molecule has 1 atom stereocenters. The number of anilines is 1. The molecule has 1 fully saturated rings. The monoisotopic (exact) mass is 448 g/mol. The normalized spacial score (nSPS) is 16.3. The Hall–Kier alpha value is -3.07. The molecule has 0 saturated carbocycles. The SMILES string of the molecule is CN=C(NCCOCc1ccccc1OC)NC1CCN(c2ccccc2OC(F)F)C1. The van der Waals surface area contributed by atoms with Crippen LogP contribution in [0.3, 0.4) is 0 Å². The predicted molar refractivity (Wildman–Crippen MR) is 121 cm³/mol. The summed E-state index contributed by atoms with van der Waals surface area (Å²) >= 11 is 0. The van der Waals surface area contributed by atoms with Crippen molar-refractivity contribution >= 4 is 11.6 Å². The fourth-order valence-corrected chi connectivity index (χ4v) is 3.64. The van der Waals surface area contributed by atoms with Gasteiger partial charge in [-0.1, -0.05) is 30.3 Å². The molecular weight excluding hydrogens is 418 g/mol. The maximum atomic E-state index is 12.7. The zero-order valence-corrected chi connectivity index (χ0v) is 18.4. The molecule has 32 heavy (non-hydrogen) atoms. The summed E-state index contributed by atoms with van der Waals surface area (Å²) in [5, 5.41) is 6.63. The molecule has 1 unspecified atom stereocenters. The first-order valence-corrected chi connectivity index (χ1v) is 10.6. The predicted octanol–water partition coefficient (Wildman–Crippen LogP) is 3.26. The summed E-state index contributed by atoms with van der Waals surface area (Å²) in [6.07, 6.45) is 0.855. The third-order valence-electron chi connectivity index (χ3n) is 5.16. The number of aliphatic imine (C=N–C) groups is 1. The van der Waals surface area contributed by atoms with Crippen molar-refractivity contribution in [3.63, 3.8) is 0 Å². The van der Waals surface area contributed by atoms with Crippen LogP contribution in [0.4, 0.5) is 14.5 Å². The first-order chi connectivity index (χ1) is 15.6. The van der Waals surface area contributed by atoms with Gasteiger partial charge in [-0.05, 0) is 24.6 Å². The number of hydrogen-bond donors (Lipinski definition) is 2. The van der Waals surface area contributed by atoms with E-state index in [1.807, 2.05) is 35.2 Å². The standard InChI is InChI=1S/C23H30F2N4O3/c1-26-23(27-12-14-31-16-17-7-3-5-9-20(17)30-2)28-18-11-13-29(15-18)19-8-4-6-10-21(19)32-22(24)25/h3-10,18,22H,11-16H2,1-2H3,(H2,26,27,28). The van der Waals surface area contributed by atoms with Crippen LogP contribution in [0.15, 0.2) is 53.5 Å². The van der Waals surface area contributed by atoms with E-state index in [1.54, 1.807) is 32.4 Å². The highest BCUT2D eigenvalue weighted by Crippen LogP contribution is 2.31. The van der Waals surface area contributed by atoms with Crippen molar-refractivity contribution in [3.8, 4) is 11.5 Å². The highest BCUT2D eigenvalue weighted by Gasteiger charge is 2.26. The van der Waals surface area contributed by atoms with Crippen LogP contribution in [0.25, 0.3) is 0 Å². The van der Waals surface area contributed by atoms with E-state index < -0.39 is 6.61 Å². The lowest BCUT2D eigenvalue weighted by Gasteiger charge is -2.22. The van der Waals surface area contributed by atoms with Crippen molar-refractivity contribution in [3.05, 3.63) is 54.1 Å². The maximum absolute atomic E-state index is 12.7. The Morgan fingerprint density at radius 3 is 2.66 bits per heavy atom. The van der Waals surface area contributed by atoms with Gasteiger partial charge in [-0.15, -0.1) is 0 Å². The number of halogens is 2. The molecule has 1 aliphatic heterocycles. The summed E-state index contributed by atoms with van der Waals surface area (Å²) in [5.41, 5.74) is 1.67. The van der Waals surface area contributed by atoms with Crippen molar-refractivity contribution in [2.45, 2.75) is 25.7 Å². The van der Waals surface area contributed by atoms with Crippen molar-refractivity contribution in [2.24, 2.45) is 4.99 Å². The van der Waals surface area contributed by atoms with E-state index in [2.05, 4.69) is 20.4 Å². The van der Waals surface area contributed by atoms with Gasteiger partial charge in [-0.2, -0.15) is 8.78 Å². The number of guanidine groups is 1. The number of nitrogens with zero attached hydrogens (tertiary/aromatic N) is 2. The molecule has 1 aliphatic rings. The lowest BCUT2D eigenvalue weighted by Crippen LogP contribution is -2.45. The molecule has 174 valence electrons. The molecule has 2 aromatic carbocycles. The van der Waals surface area contributed by atoms with E-state index in [0.717, 1.165) is 24.3 Å². The number of para-hydroxylation sites is 3. The van der Waals surface area contributed by atoms with Crippen molar-refractivity contribution < 1.29 is 23.0 Å². The van der Waals surface area contributed by atoms with Crippen molar-refractivity contribution in [1.29, 1.82) is 0 Å². The first kappa shape index (κ1) is 23.6. The fraction of sp³-hybridized carbons (Fsp3) is 0.435. The third kappa shape index (κ3) is 6.71. The van der Waals surface area contributed by atoms with Gasteiger partial charge in [0.15, 0.2) is 5.96 Å². The Balaban J connectivity index is 1.42. The first-order valence-electron chi connectivity index (χ1n) is 10.6. The summed E-state index contributed by atoms with van der Waals surface area (Å²) in [4.78, 5) is 6.31. The number of rotatable bonds is 10. The van der Waals surface area contributed by atoms with Gasteiger partial charge >= 0.3 is 6.61 Å². The second-order valence-corrected chi connectivity index (χ2v) is 7.29. The number of nitrogens with one attached hydrogen (secondary N) is 2.